The van der Waals surface area contributed by atoms with Crippen LogP contribution in [0.4, 0.5) is 0 Å². The van der Waals surface area contributed by atoms with Gasteiger partial charge in [-0.05, 0) is 75.8 Å². The number of carbonyl (C=O) groups is 1. The Morgan fingerprint density at radius 1 is 1.25 bits per heavy atom. The molecule has 0 aromatic carbocycles. The molecule has 0 bridgehead atoms. The van der Waals surface area contributed by atoms with Crippen molar-refractivity contribution in [2.24, 2.45) is 11.8 Å². The maximum Gasteiger partial charge on any atom is 0.345 e. The molecule has 28 heavy (non-hydrogen) atoms. The van der Waals surface area contributed by atoms with E-state index < -0.39 is 12.1 Å². The number of allylic oxidation sites excluding steroid dienone is 1. The molecule has 1 aliphatic carbocycles. The molecule has 0 saturated heterocycles. The number of rotatable bonds is 11. The fraction of sp³-hybridized carbons (Fsp3) is 0.667. The van der Waals surface area contributed by atoms with Crippen molar-refractivity contribution < 1.29 is 20.1 Å². The first-order valence-corrected chi connectivity index (χ1v) is 11.6. The van der Waals surface area contributed by atoms with Gasteiger partial charge < -0.3 is 15.3 Å². The van der Waals surface area contributed by atoms with E-state index in [-0.39, 0.29) is 28.7 Å². The first-order valence-electron chi connectivity index (χ1n) is 9.92. The number of aryl methyl sites for hydroxylation is 1. The zero-order valence-corrected chi connectivity index (χ0v) is 18.5. The highest BCUT2D eigenvalue weighted by molar-refractivity contribution is 7.13. The first-order chi connectivity index (χ1) is 13.3. The third kappa shape index (κ3) is 7.34. The Labute approximate surface area is 181 Å². The SMILES string of the molecule is C[C@@H](O)CCC[C@H](O)C=C[C@@H]1[C@@H](CCCc2ccc(C(=O)O)s2)[C@H](Cl)C[C@H]1Cl. The van der Waals surface area contributed by atoms with Crippen LogP contribution in [-0.2, 0) is 6.42 Å². The van der Waals surface area contributed by atoms with Crippen LogP contribution >= 0.6 is 34.5 Å². The number of aliphatic hydroxyl groups excluding tert-OH is 2. The summed E-state index contributed by atoms with van der Waals surface area (Å²) in [6, 6.07) is 3.54. The van der Waals surface area contributed by atoms with Crippen molar-refractivity contribution in [3.8, 4) is 0 Å². The second-order valence-electron chi connectivity index (χ2n) is 7.70. The molecule has 0 amide bonds. The van der Waals surface area contributed by atoms with Crippen LogP contribution in [0.25, 0.3) is 0 Å². The molecule has 1 aromatic rings. The van der Waals surface area contributed by atoms with Gasteiger partial charge in [0.2, 0.25) is 0 Å². The summed E-state index contributed by atoms with van der Waals surface area (Å²) < 4.78 is 0. The van der Waals surface area contributed by atoms with Crippen LogP contribution in [0.5, 0.6) is 0 Å². The van der Waals surface area contributed by atoms with Crippen molar-refractivity contribution >= 4 is 40.5 Å². The lowest BCUT2D eigenvalue weighted by Crippen LogP contribution is -2.17. The summed E-state index contributed by atoms with van der Waals surface area (Å²) in [5.74, 6) is -0.493. The Morgan fingerprint density at radius 3 is 2.64 bits per heavy atom. The molecule has 6 atom stereocenters. The van der Waals surface area contributed by atoms with E-state index in [2.05, 4.69) is 0 Å². The fourth-order valence-corrected chi connectivity index (χ4v) is 5.74. The van der Waals surface area contributed by atoms with E-state index in [0.29, 0.717) is 17.7 Å². The van der Waals surface area contributed by atoms with Crippen LogP contribution in [0, 0.1) is 11.8 Å². The van der Waals surface area contributed by atoms with E-state index in [1.807, 2.05) is 18.2 Å². The lowest BCUT2D eigenvalue weighted by Gasteiger charge is -2.20. The maximum absolute atomic E-state index is 11.0. The van der Waals surface area contributed by atoms with Crippen molar-refractivity contribution in [3.63, 3.8) is 0 Å². The van der Waals surface area contributed by atoms with Crippen LogP contribution in [0.3, 0.4) is 0 Å². The lowest BCUT2D eigenvalue weighted by atomic mass is 9.89. The summed E-state index contributed by atoms with van der Waals surface area (Å²) in [7, 11) is 0. The standard InChI is InChI=1S/C21H30Cl2O4S/c1-13(24)4-2-5-14(25)8-10-17-16(18(22)12-19(17)23)7-3-6-15-9-11-20(28-15)21(26)27/h8-11,13-14,16-19,24-25H,2-7,12H2,1H3,(H,26,27)/t13-,14+,16-,17-,18-,19-/m1/s1. The van der Waals surface area contributed by atoms with Crippen LogP contribution in [0.1, 0.15) is 60.0 Å². The molecule has 1 fully saturated rings. The van der Waals surface area contributed by atoms with Crippen molar-refractivity contribution in [2.45, 2.75) is 74.8 Å². The number of alkyl halides is 2. The summed E-state index contributed by atoms with van der Waals surface area (Å²) in [6.07, 6.45) is 8.50. The number of carboxylic acids is 1. The van der Waals surface area contributed by atoms with Gasteiger partial charge in [-0.25, -0.2) is 4.79 Å². The van der Waals surface area contributed by atoms with Gasteiger partial charge in [-0.3, -0.25) is 0 Å². The third-order valence-corrected chi connectivity index (χ3v) is 7.44. The molecule has 0 radical (unpaired) electrons. The maximum atomic E-state index is 11.0. The number of thiophene rings is 1. The van der Waals surface area contributed by atoms with Gasteiger partial charge >= 0.3 is 5.97 Å². The van der Waals surface area contributed by atoms with E-state index in [4.69, 9.17) is 28.3 Å². The Kier molecular flexibility index (Phi) is 9.78. The lowest BCUT2D eigenvalue weighted by molar-refractivity contribution is 0.0702. The van der Waals surface area contributed by atoms with Gasteiger partial charge in [0.25, 0.3) is 0 Å². The van der Waals surface area contributed by atoms with Gasteiger partial charge in [0.05, 0.1) is 12.2 Å². The zero-order valence-electron chi connectivity index (χ0n) is 16.1. The topological polar surface area (TPSA) is 77.8 Å². The fourth-order valence-electron chi connectivity index (χ4n) is 3.81. The van der Waals surface area contributed by atoms with Crippen molar-refractivity contribution in [2.75, 3.05) is 0 Å². The van der Waals surface area contributed by atoms with Gasteiger partial charge in [-0.2, -0.15) is 0 Å². The highest BCUT2D eigenvalue weighted by atomic mass is 35.5. The van der Waals surface area contributed by atoms with Gasteiger partial charge in [0.15, 0.2) is 0 Å². The van der Waals surface area contributed by atoms with E-state index in [9.17, 15) is 15.0 Å². The number of hydrogen-bond acceptors (Lipinski definition) is 4. The van der Waals surface area contributed by atoms with Gasteiger partial charge in [0.1, 0.15) is 4.88 Å². The number of aromatic carboxylic acids is 1. The molecule has 0 spiro atoms. The summed E-state index contributed by atoms with van der Waals surface area (Å²) in [6.45, 7) is 1.75. The zero-order chi connectivity index (χ0) is 20.7. The minimum atomic E-state index is -0.880. The summed E-state index contributed by atoms with van der Waals surface area (Å²) in [5.41, 5.74) is 0. The minimum Gasteiger partial charge on any atom is -0.477 e. The van der Waals surface area contributed by atoms with Crippen molar-refractivity contribution in [1.29, 1.82) is 0 Å². The predicted molar refractivity (Wildman–Crippen MR) is 116 cm³/mol. The number of hydrogen-bond donors (Lipinski definition) is 3. The Bertz CT molecular complexity index is 646. The monoisotopic (exact) mass is 448 g/mol. The van der Waals surface area contributed by atoms with Gasteiger partial charge in [-0.1, -0.05) is 12.2 Å². The smallest absolute Gasteiger partial charge is 0.345 e. The molecule has 4 nitrogen and oxygen atoms in total. The Balaban J connectivity index is 1.84. The van der Waals surface area contributed by atoms with Crippen molar-refractivity contribution in [1.82, 2.24) is 0 Å². The molecule has 1 aliphatic rings. The van der Waals surface area contributed by atoms with Crippen LogP contribution in [0.2, 0.25) is 0 Å². The summed E-state index contributed by atoms with van der Waals surface area (Å²) >= 11 is 14.4. The third-order valence-electron chi connectivity index (χ3n) is 5.34. The van der Waals surface area contributed by atoms with E-state index in [1.54, 1.807) is 13.0 Å². The number of halogens is 2. The van der Waals surface area contributed by atoms with E-state index in [1.165, 1.54) is 11.3 Å². The summed E-state index contributed by atoms with van der Waals surface area (Å²) in [5, 5.41) is 28.4. The largest absolute Gasteiger partial charge is 0.477 e. The van der Waals surface area contributed by atoms with Crippen LogP contribution < -0.4 is 0 Å². The molecular weight excluding hydrogens is 419 g/mol. The molecular formula is C21H30Cl2O4S. The average Bonchev–Trinajstić information content (AvgIpc) is 3.18. The molecule has 0 aliphatic heterocycles. The highest BCUT2D eigenvalue weighted by Crippen LogP contribution is 2.42. The van der Waals surface area contributed by atoms with Crippen LogP contribution in [-0.4, -0.2) is 44.3 Å². The molecule has 1 heterocycles. The Morgan fingerprint density at radius 2 is 2.00 bits per heavy atom. The summed E-state index contributed by atoms with van der Waals surface area (Å²) in [4.78, 5) is 12.4. The van der Waals surface area contributed by atoms with Gasteiger partial charge in [0, 0.05) is 15.6 Å². The second kappa shape index (κ2) is 11.6. The quantitative estimate of drug-likeness (QED) is 0.325. The molecule has 7 heteroatoms. The molecule has 158 valence electrons. The molecule has 3 N–H and O–H groups in total. The highest BCUT2D eigenvalue weighted by Gasteiger charge is 2.39. The molecule has 2 rings (SSSR count). The predicted octanol–water partition coefficient (Wildman–Crippen LogP) is 5.09. The Hall–Kier alpha value is -0.590. The van der Waals surface area contributed by atoms with E-state index >= 15 is 0 Å². The first kappa shape index (κ1) is 23.7. The van der Waals surface area contributed by atoms with Crippen molar-refractivity contribution in [3.05, 3.63) is 34.0 Å². The second-order valence-corrected chi connectivity index (χ2v) is 9.99. The number of aliphatic hydroxyl groups is 2. The van der Waals surface area contributed by atoms with Gasteiger partial charge in [-0.15, -0.1) is 34.5 Å². The molecule has 1 aromatic heterocycles. The normalized spacial score (nSPS) is 27.3. The minimum absolute atomic E-state index is 0.0162. The average molecular weight is 449 g/mol. The molecule has 1 saturated carbocycles. The molecule has 0 unspecified atom stereocenters. The van der Waals surface area contributed by atoms with E-state index in [0.717, 1.165) is 37.0 Å². The van der Waals surface area contributed by atoms with Crippen LogP contribution in [0.15, 0.2) is 24.3 Å². The number of carboxylic acid groups (broad SMARTS) is 1.